The highest BCUT2D eigenvalue weighted by atomic mass is 32.1. The van der Waals surface area contributed by atoms with Crippen molar-refractivity contribution in [2.45, 2.75) is 20.0 Å². The summed E-state index contributed by atoms with van der Waals surface area (Å²) in [5.41, 5.74) is -0.413. The van der Waals surface area contributed by atoms with E-state index in [1.807, 2.05) is 0 Å². The first kappa shape index (κ1) is 13.2. The molecule has 0 radical (unpaired) electrons. The van der Waals surface area contributed by atoms with Gasteiger partial charge in [0.1, 0.15) is 0 Å². The van der Waals surface area contributed by atoms with Crippen molar-refractivity contribution in [3.8, 4) is 0 Å². The fourth-order valence-electron chi connectivity index (χ4n) is 0.780. The molecule has 0 aromatic carbocycles. The zero-order valence-corrected chi connectivity index (χ0v) is 9.61. The minimum absolute atomic E-state index is 0.0646. The van der Waals surface area contributed by atoms with E-state index in [1.165, 1.54) is 0 Å². The van der Waals surface area contributed by atoms with Crippen LogP contribution in [0.15, 0.2) is 0 Å². The molecule has 0 bridgehead atoms. The first-order chi connectivity index (χ1) is 7.24. The summed E-state index contributed by atoms with van der Waals surface area (Å²) >= 11 is 0.451. The van der Waals surface area contributed by atoms with Crippen molar-refractivity contribution in [3.63, 3.8) is 0 Å². The highest BCUT2D eigenvalue weighted by Crippen LogP contribution is 2.33. The topological polar surface area (TPSA) is 58.0 Å². The molecule has 4 nitrogen and oxygen atoms in total. The van der Waals surface area contributed by atoms with Crippen LogP contribution < -0.4 is 5.32 Å². The Balaban J connectivity index is 2.60. The number of aliphatic hydroxyl groups excluding tert-OH is 1. The van der Waals surface area contributed by atoms with Gasteiger partial charge in [-0.3, -0.25) is 0 Å². The van der Waals surface area contributed by atoms with Crippen LogP contribution in [-0.2, 0) is 6.18 Å². The minimum atomic E-state index is -4.45. The van der Waals surface area contributed by atoms with E-state index in [9.17, 15) is 13.2 Å². The van der Waals surface area contributed by atoms with Crippen molar-refractivity contribution in [2.75, 3.05) is 18.5 Å². The van der Waals surface area contributed by atoms with E-state index < -0.39 is 16.6 Å². The van der Waals surface area contributed by atoms with E-state index in [1.54, 1.807) is 13.8 Å². The number of aliphatic hydroxyl groups is 1. The van der Waals surface area contributed by atoms with Crippen LogP contribution in [0.4, 0.5) is 18.3 Å². The van der Waals surface area contributed by atoms with Crippen molar-refractivity contribution in [1.29, 1.82) is 0 Å². The lowest BCUT2D eigenvalue weighted by Crippen LogP contribution is -2.26. The maximum absolute atomic E-state index is 12.2. The van der Waals surface area contributed by atoms with Crippen LogP contribution in [0.25, 0.3) is 0 Å². The van der Waals surface area contributed by atoms with Gasteiger partial charge in [0.15, 0.2) is 0 Å². The summed E-state index contributed by atoms with van der Waals surface area (Å²) in [7, 11) is 0. The van der Waals surface area contributed by atoms with Gasteiger partial charge in [-0.2, -0.15) is 13.2 Å². The molecule has 0 saturated heterocycles. The lowest BCUT2D eigenvalue weighted by atomic mass is 9.95. The van der Waals surface area contributed by atoms with Crippen LogP contribution in [0, 0.1) is 5.41 Å². The Morgan fingerprint density at radius 3 is 2.38 bits per heavy atom. The van der Waals surface area contributed by atoms with Crippen LogP contribution in [0.1, 0.15) is 18.9 Å². The highest BCUT2D eigenvalue weighted by Gasteiger charge is 2.35. The second kappa shape index (κ2) is 4.54. The Kier molecular flexibility index (Phi) is 3.74. The molecule has 92 valence electrons. The minimum Gasteiger partial charge on any atom is -0.396 e. The molecule has 0 aliphatic rings. The SMILES string of the molecule is CC(C)(CO)CNc1nnc(C(F)(F)F)s1. The normalized spacial score (nSPS) is 12.9. The van der Waals surface area contributed by atoms with Gasteiger partial charge in [0.05, 0.1) is 0 Å². The van der Waals surface area contributed by atoms with Gasteiger partial charge in [-0.25, -0.2) is 0 Å². The number of halogens is 3. The Labute approximate surface area is 94.5 Å². The van der Waals surface area contributed by atoms with Gasteiger partial charge in [0.25, 0.3) is 0 Å². The molecule has 0 fully saturated rings. The van der Waals surface area contributed by atoms with Crippen molar-refractivity contribution in [2.24, 2.45) is 5.41 Å². The number of nitrogens with zero attached hydrogens (tertiary/aromatic N) is 2. The third kappa shape index (κ3) is 3.60. The molecule has 1 rings (SSSR count). The number of alkyl halides is 3. The zero-order chi connectivity index (χ0) is 12.4. The molecule has 0 saturated carbocycles. The maximum atomic E-state index is 12.2. The summed E-state index contributed by atoms with van der Waals surface area (Å²) in [5.74, 6) is 0. The third-order valence-corrected chi connectivity index (χ3v) is 2.74. The van der Waals surface area contributed by atoms with E-state index in [0.29, 0.717) is 17.9 Å². The Bertz CT molecular complexity index is 351. The molecule has 0 spiro atoms. The standard InChI is InChI=1S/C8H12F3N3OS/c1-7(2,4-15)3-12-6-14-13-5(16-6)8(9,10)11/h15H,3-4H2,1-2H3,(H,12,14). The number of anilines is 1. The van der Waals surface area contributed by atoms with Gasteiger partial charge in [-0.15, -0.1) is 10.2 Å². The van der Waals surface area contributed by atoms with E-state index in [0.717, 1.165) is 0 Å². The largest absolute Gasteiger partial charge is 0.445 e. The summed E-state index contributed by atoms with van der Waals surface area (Å²) in [6, 6.07) is 0. The quantitative estimate of drug-likeness (QED) is 0.863. The molecule has 0 amide bonds. The molecule has 1 heterocycles. The molecule has 16 heavy (non-hydrogen) atoms. The van der Waals surface area contributed by atoms with Crippen LogP contribution in [0.3, 0.4) is 0 Å². The number of rotatable bonds is 4. The summed E-state index contributed by atoms with van der Waals surface area (Å²) in [6.07, 6.45) is -4.45. The Morgan fingerprint density at radius 1 is 1.31 bits per heavy atom. The summed E-state index contributed by atoms with van der Waals surface area (Å²) in [5, 5.41) is 17.2. The van der Waals surface area contributed by atoms with Gasteiger partial charge < -0.3 is 10.4 Å². The third-order valence-electron chi connectivity index (χ3n) is 1.81. The summed E-state index contributed by atoms with van der Waals surface area (Å²) in [4.78, 5) is 0. The van der Waals surface area contributed by atoms with Crippen molar-refractivity contribution in [1.82, 2.24) is 10.2 Å². The average molecular weight is 255 g/mol. The first-order valence-electron chi connectivity index (χ1n) is 4.50. The fourth-order valence-corrected chi connectivity index (χ4v) is 1.39. The number of hydrogen-bond acceptors (Lipinski definition) is 5. The summed E-state index contributed by atoms with van der Waals surface area (Å²) < 4.78 is 36.5. The van der Waals surface area contributed by atoms with Gasteiger partial charge in [0.2, 0.25) is 10.1 Å². The van der Waals surface area contributed by atoms with Crippen LogP contribution >= 0.6 is 11.3 Å². The lowest BCUT2D eigenvalue weighted by Gasteiger charge is -2.21. The van der Waals surface area contributed by atoms with E-state index in [2.05, 4.69) is 15.5 Å². The van der Waals surface area contributed by atoms with E-state index in [-0.39, 0.29) is 11.7 Å². The Hall–Kier alpha value is -0.890. The smallest absolute Gasteiger partial charge is 0.396 e. The number of nitrogens with one attached hydrogen (secondary N) is 1. The molecular weight excluding hydrogens is 243 g/mol. The molecule has 2 N–H and O–H groups in total. The van der Waals surface area contributed by atoms with Crippen molar-refractivity contribution in [3.05, 3.63) is 5.01 Å². The summed E-state index contributed by atoms with van der Waals surface area (Å²) in [6.45, 7) is 3.83. The zero-order valence-electron chi connectivity index (χ0n) is 8.80. The molecule has 0 atom stereocenters. The predicted octanol–water partition coefficient (Wildman–Crippen LogP) is 1.99. The average Bonchev–Trinajstić information content (AvgIpc) is 2.63. The number of aromatic nitrogens is 2. The van der Waals surface area contributed by atoms with Crippen molar-refractivity contribution >= 4 is 16.5 Å². The van der Waals surface area contributed by atoms with Gasteiger partial charge in [-0.05, 0) is 0 Å². The number of hydrogen-bond donors (Lipinski definition) is 2. The fraction of sp³-hybridized carbons (Fsp3) is 0.750. The molecular formula is C8H12F3N3OS. The highest BCUT2D eigenvalue weighted by molar-refractivity contribution is 7.15. The van der Waals surface area contributed by atoms with E-state index >= 15 is 0 Å². The molecule has 1 aromatic rings. The Morgan fingerprint density at radius 2 is 1.94 bits per heavy atom. The monoisotopic (exact) mass is 255 g/mol. The second-order valence-corrected chi connectivity index (χ2v) is 5.06. The van der Waals surface area contributed by atoms with Gasteiger partial charge >= 0.3 is 6.18 Å². The molecule has 1 aromatic heterocycles. The van der Waals surface area contributed by atoms with Gasteiger partial charge in [-0.1, -0.05) is 25.2 Å². The second-order valence-electron chi connectivity index (χ2n) is 4.09. The molecule has 0 aliphatic heterocycles. The first-order valence-corrected chi connectivity index (χ1v) is 5.32. The van der Waals surface area contributed by atoms with Crippen molar-refractivity contribution < 1.29 is 18.3 Å². The maximum Gasteiger partial charge on any atom is 0.445 e. The lowest BCUT2D eigenvalue weighted by molar-refractivity contribution is -0.138. The van der Waals surface area contributed by atoms with Crippen LogP contribution in [0.2, 0.25) is 0 Å². The predicted molar refractivity (Wildman–Crippen MR) is 54.3 cm³/mol. The molecule has 0 unspecified atom stereocenters. The van der Waals surface area contributed by atoms with Crippen LogP contribution in [0.5, 0.6) is 0 Å². The van der Waals surface area contributed by atoms with E-state index in [4.69, 9.17) is 5.11 Å². The molecule has 8 heteroatoms. The van der Waals surface area contributed by atoms with Gasteiger partial charge in [0, 0.05) is 18.6 Å². The van der Waals surface area contributed by atoms with Crippen LogP contribution in [-0.4, -0.2) is 28.5 Å². The molecule has 0 aliphatic carbocycles.